The highest BCUT2D eigenvalue weighted by atomic mass is 35.5. The number of hydrogen-bond donors (Lipinski definition) is 2. The van der Waals surface area contributed by atoms with Crippen molar-refractivity contribution in [2.75, 3.05) is 12.4 Å². The van der Waals surface area contributed by atoms with Crippen LogP contribution >= 0.6 is 11.6 Å². The summed E-state index contributed by atoms with van der Waals surface area (Å²) in [4.78, 5) is 38.6. The number of guanidine groups is 1. The van der Waals surface area contributed by atoms with Crippen LogP contribution in [0.1, 0.15) is 36.8 Å². The van der Waals surface area contributed by atoms with E-state index in [0.717, 1.165) is 0 Å². The van der Waals surface area contributed by atoms with Gasteiger partial charge in [-0.2, -0.15) is 0 Å². The van der Waals surface area contributed by atoms with Crippen LogP contribution in [-0.2, 0) is 10.3 Å². The van der Waals surface area contributed by atoms with Gasteiger partial charge in [0.1, 0.15) is 22.2 Å². The summed E-state index contributed by atoms with van der Waals surface area (Å²) in [5.74, 6) is -1.42. The number of anilines is 1. The number of nitrogens with two attached hydrogens (primary N) is 1. The van der Waals surface area contributed by atoms with Crippen molar-refractivity contribution in [1.82, 2.24) is 14.9 Å². The van der Waals surface area contributed by atoms with E-state index in [0.29, 0.717) is 5.69 Å². The highest BCUT2D eigenvalue weighted by Crippen LogP contribution is 2.47. The van der Waals surface area contributed by atoms with E-state index in [-0.39, 0.29) is 28.3 Å². The molecule has 1 aliphatic rings. The molecule has 8 nitrogen and oxygen atoms in total. The summed E-state index contributed by atoms with van der Waals surface area (Å²) in [5.41, 5.74) is 4.01. The van der Waals surface area contributed by atoms with Gasteiger partial charge in [-0.15, -0.1) is 0 Å². The van der Waals surface area contributed by atoms with Gasteiger partial charge >= 0.3 is 0 Å². The molecule has 2 amide bonds. The molecule has 3 rings (SSSR count). The van der Waals surface area contributed by atoms with Crippen LogP contribution in [0, 0.1) is 11.2 Å². The summed E-state index contributed by atoms with van der Waals surface area (Å²) in [6.45, 7) is 4.99. The first-order valence-corrected chi connectivity index (χ1v) is 9.07. The second kappa shape index (κ2) is 7.07. The zero-order valence-corrected chi connectivity index (χ0v) is 17.1. The van der Waals surface area contributed by atoms with E-state index in [1.54, 1.807) is 20.8 Å². The third-order valence-electron chi connectivity index (χ3n) is 5.34. The van der Waals surface area contributed by atoms with E-state index in [1.165, 1.54) is 42.5 Å². The molecule has 0 fully saturated rings. The fourth-order valence-electron chi connectivity index (χ4n) is 3.17. The fraction of sp³-hybridized carbons (Fsp3) is 0.316. The SMILES string of the molecule is CN1C(=O)C(C)(C)[C@@](C)(c2cc(NC(=O)c3cnc(Cl)cn3)ccc2F)N=C1N. The number of nitrogens with zero attached hydrogens (tertiary/aromatic N) is 4. The fourth-order valence-corrected chi connectivity index (χ4v) is 3.27. The van der Waals surface area contributed by atoms with Gasteiger partial charge in [-0.25, -0.2) is 19.4 Å². The van der Waals surface area contributed by atoms with Crippen LogP contribution in [0.3, 0.4) is 0 Å². The van der Waals surface area contributed by atoms with Crippen molar-refractivity contribution in [2.45, 2.75) is 26.3 Å². The van der Waals surface area contributed by atoms with Crippen LogP contribution < -0.4 is 11.1 Å². The molecule has 2 aromatic rings. The molecule has 0 radical (unpaired) electrons. The number of aliphatic imine (C=N–C) groups is 1. The Labute approximate surface area is 172 Å². The van der Waals surface area contributed by atoms with Gasteiger partial charge in [0.2, 0.25) is 5.91 Å². The second-order valence-corrected chi connectivity index (χ2v) is 7.79. The molecular weight excluding hydrogens is 399 g/mol. The van der Waals surface area contributed by atoms with Gasteiger partial charge in [-0.3, -0.25) is 14.5 Å². The second-order valence-electron chi connectivity index (χ2n) is 7.40. The third kappa shape index (κ3) is 3.42. The van der Waals surface area contributed by atoms with E-state index in [2.05, 4.69) is 20.3 Å². The number of rotatable bonds is 3. The van der Waals surface area contributed by atoms with Crippen LogP contribution in [0.25, 0.3) is 0 Å². The minimum Gasteiger partial charge on any atom is -0.369 e. The number of benzene rings is 1. The maximum atomic E-state index is 14.8. The molecule has 0 aliphatic carbocycles. The number of amides is 2. The largest absolute Gasteiger partial charge is 0.369 e. The van der Waals surface area contributed by atoms with Crippen molar-refractivity contribution in [3.8, 4) is 0 Å². The molecule has 29 heavy (non-hydrogen) atoms. The van der Waals surface area contributed by atoms with Crippen molar-refractivity contribution in [1.29, 1.82) is 0 Å². The lowest BCUT2D eigenvalue weighted by Crippen LogP contribution is -2.58. The Kier molecular flexibility index (Phi) is 5.04. The monoisotopic (exact) mass is 418 g/mol. The Balaban J connectivity index is 2.02. The molecule has 1 atom stereocenters. The van der Waals surface area contributed by atoms with Gasteiger partial charge in [0.15, 0.2) is 5.96 Å². The molecule has 3 N–H and O–H groups in total. The molecule has 10 heteroatoms. The van der Waals surface area contributed by atoms with Crippen molar-refractivity contribution >= 4 is 35.1 Å². The predicted octanol–water partition coefficient (Wildman–Crippen LogP) is 2.55. The molecule has 2 heterocycles. The Morgan fingerprint density at radius 3 is 2.55 bits per heavy atom. The molecular formula is C19H20ClFN6O2. The summed E-state index contributed by atoms with van der Waals surface area (Å²) in [6.07, 6.45) is 2.48. The first-order valence-electron chi connectivity index (χ1n) is 8.70. The Hall–Kier alpha value is -3.07. The van der Waals surface area contributed by atoms with E-state index in [1.807, 2.05) is 0 Å². The summed E-state index contributed by atoms with van der Waals surface area (Å²) >= 11 is 5.68. The Bertz CT molecular complexity index is 1020. The number of hydrogen-bond acceptors (Lipinski definition) is 6. The first kappa shape index (κ1) is 20.7. The summed E-state index contributed by atoms with van der Waals surface area (Å²) < 4.78 is 14.8. The van der Waals surface area contributed by atoms with Crippen LogP contribution in [0.2, 0.25) is 5.15 Å². The summed E-state index contributed by atoms with van der Waals surface area (Å²) in [7, 11) is 1.52. The highest BCUT2D eigenvalue weighted by molar-refractivity contribution is 6.29. The molecule has 0 bridgehead atoms. The van der Waals surface area contributed by atoms with Crippen molar-refractivity contribution < 1.29 is 14.0 Å². The third-order valence-corrected chi connectivity index (χ3v) is 5.53. The van der Waals surface area contributed by atoms with E-state index < -0.39 is 22.7 Å². The van der Waals surface area contributed by atoms with Gasteiger partial charge in [-0.05, 0) is 39.0 Å². The maximum absolute atomic E-state index is 14.8. The number of carbonyl (C=O) groups is 2. The lowest BCUT2D eigenvalue weighted by molar-refractivity contribution is -0.140. The Morgan fingerprint density at radius 2 is 1.93 bits per heavy atom. The topological polar surface area (TPSA) is 114 Å². The zero-order valence-electron chi connectivity index (χ0n) is 16.3. The number of carbonyl (C=O) groups excluding carboxylic acids is 2. The molecule has 1 aliphatic heterocycles. The molecule has 152 valence electrons. The average molecular weight is 419 g/mol. The summed E-state index contributed by atoms with van der Waals surface area (Å²) in [5, 5.41) is 2.79. The lowest BCUT2D eigenvalue weighted by atomic mass is 9.67. The van der Waals surface area contributed by atoms with Crippen LogP contribution in [0.15, 0.2) is 35.6 Å². The van der Waals surface area contributed by atoms with Crippen LogP contribution in [-0.4, -0.2) is 39.7 Å². The zero-order chi connectivity index (χ0) is 21.6. The van der Waals surface area contributed by atoms with Gasteiger partial charge in [0.25, 0.3) is 5.91 Å². The molecule has 0 saturated heterocycles. The summed E-state index contributed by atoms with van der Waals surface area (Å²) in [6, 6.07) is 4.04. The van der Waals surface area contributed by atoms with E-state index in [4.69, 9.17) is 17.3 Å². The number of halogens is 2. The van der Waals surface area contributed by atoms with Crippen molar-refractivity contribution in [2.24, 2.45) is 16.1 Å². The quantitative estimate of drug-likeness (QED) is 0.795. The number of nitrogens with one attached hydrogen (secondary N) is 1. The van der Waals surface area contributed by atoms with Crippen molar-refractivity contribution in [3.05, 3.63) is 52.8 Å². The normalized spacial score (nSPS) is 21.0. The van der Waals surface area contributed by atoms with Crippen LogP contribution in [0.4, 0.5) is 10.1 Å². The van der Waals surface area contributed by atoms with Gasteiger partial charge in [-0.1, -0.05) is 11.6 Å². The lowest BCUT2D eigenvalue weighted by Gasteiger charge is -2.46. The van der Waals surface area contributed by atoms with Gasteiger partial charge in [0.05, 0.1) is 17.8 Å². The smallest absolute Gasteiger partial charge is 0.275 e. The molecule has 0 saturated carbocycles. The molecule has 1 aromatic heterocycles. The minimum atomic E-state index is -1.29. The highest BCUT2D eigenvalue weighted by Gasteiger charge is 2.53. The maximum Gasteiger partial charge on any atom is 0.275 e. The Morgan fingerprint density at radius 1 is 1.24 bits per heavy atom. The first-order chi connectivity index (χ1) is 13.5. The standard InChI is InChI=1S/C19H20ClFN6O2/c1-18(2)16(29)27(4)17(22)26-19(18,3)11-7-10(5-6-12(11)21)25-15(28)13-8-24-14(20)9-23-13/h5-9H,1-4H3,(H2,22,26)(H,25,28)/t19-/m1/s1. The van der Waals surface area contributed by atoms with Crippen LogP contribution in [0.5, 0.6) is 0 Å². The van der Waals surface area contributed by atoms with Gasteiger partial charge < -0.3 is 11.1 Å². The molecule has 0 unspecified atom stereocenters. The average Bonchev–Trinajstić information content (AvgIpc) is 2.67. The predicted molar refractivity (Wildman–Crippen MR) is 107 cm³/mol. The molecule has 0 spiro atoms. The number of aromatic nitrogens is 2. The minimum absolute atomic E-state index is 0.0119. The van der Waals surface area contributed by atoms with E-state index in [9.17, 15) is 14.0 Å². The van der Waals surface area contributed by atoms with Crippen molar-refractivity contribution in [3.63, 3.8) is 0 Å². The van der Waals surface area contributed by atoms with Gasteiger partial charge in [0, 0.05) is 18.3 Å². The molecule has 1 aromatic carbocycles. The van der Waals surface area contributed by atoms with E-state index >= 15 is 0 Å².